The van der Waals surface area contributed by atoms with E-state index in [1.807, 2.05) is 20.8 Å². The van der Waals surface area contributed by atoms with E-state index >= 15 is 0 Å². The molecule has 0 spiro atoms. The third-order valence-corrected chi connectivity index (χ3v) is 2.10. The Bertz CT molecular complexity index is 266. The lowest BCUT2D eigenvalue weighted by molar-refractivity contribution is -0.121. The minimum Gasteiger partial charge on any atom is -0.444 e. The van der Waals surface area contributed by atoms with Gasteiger partial charge in [-0.2, -0.15) is 0 Å². The van der Waals surface area contributed by atoms with Crippen molar-refractivity contribution < 1.29 is 14.3 Å². The summed E-state index contributed by atoms with van der Waals surface area (Å²) in [6.45, 7) is 11.2. The molecule has 0 aromatic heterocycles. The number of ether oxygens (including phenoxy) is 1. The number of rotatable bonds is 5. The van der Waals surface area contributed by atoms with Crippen LogP contribution in [0.15, 0.2) is 0 Å². The highest BCUT2D eigenvalue weighted by molar-refractivity contribution is 5.87. The summed E-state index contributed by atoms with van der Waals surface area (Å²) in [5.74, 6) is 0.366. The van der Waals surface area contributed by atoms with Crippen molar-refractivity contribution in [3.8, 4) is 0 Å². The summed E-state index contributed by atoms with van der Waals surface area (Å²) in [7, 11) is 0. The lowest BCUT2D eigenvalue weighted by Gasteiger charge is -2.22. The van der Waals surface area contributed by atoms with Crippen molar-refractivity contribution in [3.05, 3.63) is 0 Å². The fourth-order valence-corrected chi connectivity index (χ4v) is 1.40. The van der Waals surface area contributed by atoms with Crippen molar-refractivity contribution in [1.29, 1.82) is 0 Å². The molecule has 0 aliphatic heterocycles. The quantitative estimate of drug-likeness (QED) is 0.807. The minimum atomic E-state index is -0.538. The number of Topliss-reactive ketones (excluding diaryl/α,β-unsaturated/α-hetero) is 1. The molecular weight excluding hydrogens is 218 g/mol. The van der Waals surface area contributed by atoms with Crippen molar-refractivity contribution in [1.82, 2.24) is 5.32 Å². The standard InChI is InChI=1S/C13H25NO3/c1-7-10(11(15)8-9(2)3)14-12(16)17-13(4,5)6/h9-10H,7-8H2,1-6H3,(H,14,16). The van der Waals surface area contributed by atoms with Crippen LogP contribution >= 0.6 is 0 Å². The van der Waals surface area contributed by atoms with Crippen LogP contribution in [-0.2, 0) is 9.53 Å². The Balaban J connectivity index is 4.31. The molecule has 0 saturated carbocycles. The zero-order valence-corrected chi connectivity index (χ0v) is 11.8. The van der Waals surface area contributed by atoms with Crippen LogP contribution in [0.2, 0.25) is 0 Å². The first-order valence-corrected chi connectivity index (χ1v) is 6.18. The van der Waals surface area contributed by atoms with Gasteiger partial charge in [0.25, 0.3) is 0 Å². The molecule has 0 fully saturated rings. The molecule has 1 atom stereocenters. The normalized spacial score (nSPS) is 13.4. The number of carbonyl (C=O) groups is 2. The largest absolute Gasteiger partial charge is 0.444 e. The average Bonchev–Trinajstić information content (AvgIpc) is 2.09. The van der Waals surface area contributed by atoms with Crippen LogP contribution in [-0.4, -0.2) is 23.5 Å². The molecule has 0 aromatic rings. The van der Waals surface area contributed by atoms with E-state index in [-0.39, 0.29) is 5.78 Å². The van der Waals surface area contributed by atoms with Gasteiger partial charge in [0.1, 0.15) is 5.60 Å². The lowest BCUT2D eigenvalue weighted by atomic mass is 10.0. The van der Waals surface area contributed by atoms with Crippen LogP contribution in [0, 0.1) is 5.92 Å². The first-order chi connectivity index (χ1) is 7.65. The fourth-order valence-electron chi connectivity index (χ4n) is 1.40. The molecule has 0 heterocycles. The number of carbonyl (C=O) groups excluding carboxylic acids is 2. The Hall–Kier alpha value is -1.06. The monoisotopic (exact) mass is 243 g/mol. The minimum absolute atomic E-state index is 0.0633. The first kappa shape index (κ1) is 15.9. The smallest absolute Gasteiger partial charge is 0.408 e. The summed E-state index contributed by atoms with van der Waals surface area (Å²) in [6, 6.07) is -0.438. The molecule has 0 aromatic carbocycles. The maximum atomic E-state index is 11.8. The van der Waals surface area contributed by atoms with Crippen molar-refractivity contribution in [3.63, 3.8) is 0 Å². The highest BCUT2D eigenvalue weighted by atomic mass is 16.6. The van der Waals surface area contributed by atoms with Crippen molar-refractivity contribution in [2.24, 2.45) is 5.92 Å². The Labute approximate surface area is 104 Å². The second-order valence-corrected chi connectivity index (χ2v) is 5.67. The summed E-state index contributed by atoms with van der Waals surface area (Å²) in [4.78, 5) is 23.3. The van der Waals surface area contributed by atoms with Gasteiger partial charge in [-0.05, 0) is 33.1 Å². The summed E-state index contributed by atoms with van der Waals surface area (Å²) in [5, 5.41) is 2.62. The Morgan fingerprint density at radius 1 is 1.24 bits per heavy atom. The van der Waals surface area contributed by atoms with Gasteiger partial charge >= 0.3 is 6.09 Å². The summed E-state index contributed by atoms with van der Waals surface area (Å²) in [6.07, 6.45) is 0.542. The number of hydrogen-bond donors (Lipinski definition) is 1. The summed E-state index contributed by atoms with van der Waals surface area (Å²) in [5.41, 5.74) is -0.538. The number of hydrogen-bond acceptors (Lipinski definition) is 3. The van der Waals surface area contributed by atoms with Crippen molar-refractivity contribution in [2.45, 2.75) is 66.0 Å². The highest BCUT2D eigenvalue weighted by Crippen LogP contribution is 2.09. The van der Waals surface area contributed by atoms with Crippen LogP contribution in [0.5, 0.6) is 0 Å². The zero-order chi connectivity index (χ0) is 13.6. The Kier molecular flexibility index (Phi) is 6.21. The van der Waals surface area contributed by atoms with Crippen LogP contribution in [0.25, 0.3) is 0 Å². The molecule has 0 radical (unpaired) electrons. The number of alkyl carbamates (subject to hydrolysis) is 1. The topological polar surface area (TPSA) is 55.4 Å². The molecular formula is C13H25NO3. The second-order valence-electron chi connectivity index (χ2n) is 5.67. The number of amides is 1. The molecule has 0 bridgehead atoms. The van der Waals surface area contributed by atoms with E-state index in [0.717, 1.165) is 0 Å². The Morgan fingerprint density at radius 2 is 1.76 bits per heavy atom. The predicted octanol–water partition coefficient (Wildman–Crippen LogP) is 2.90. The van der Waals surface area contributed by atoms with Gasteiger partial charge in [0.2, 0.25) is 0 Å². The summed E-state index contributed by atoms with van der Waals surface area (Å²) < 4.78 is 5.12. The zero-order valence-electron chi connectivity index (χ0n) is 11.8. The molecule has 0 aliphatic rings. The average molecular weight is 243 g/mol. The van der Waals surface area contributed by atoms with E-state index < -0.39 is 17.7 Å². The Morgan fingerprint density at radius 3 is 2.12 bits per heavy atom. The molecule has 1 unspecified atom stereocenters. The van der Waals surface area contributed by atoms with E-state index in [9.17, 15) is 9.59 Å². The van der Waals surface area contributed by atoms with E-state index in [4.69, 9.17) is 4.74 Å². The van der Waals surface area contributed by atoms with Crippen LogP contribution in [0.4, 0.5) is 4.79 Å². The molecule has 0 saturated heterocycles. The van der Waals surface area contributed by atoms with E-state index in [2.05, 4.69) is 5.32 Å². The van der Waals surface area contributed by atoms with Gasteiger partial charge in [-0.1, -0.05) is 20.8 Å². The van der Waals surface area contributed by atoms with Crippen molar-refractivity contribution in [2.75, 3.05) is 0 Å². The number of nitrogens with one attached hydrogen (secondary N) is 1. The van der Waals surface area contributed by atoms with Crippen LogP contribution in [0.3, 0.4) is 0 Å². The molecule has 4 heteroatoms. The molecule has 17 heavy (non-hydrogen) atoms. The SMILES string of the molecule is CCC(NC(=O)OC(C)(C)C)C(=O)CC(C)C. The van der Waals surface area contributed by atoms with Gasteiger partial charge in [0, 0.05) is 6.42 Å². The molecule has 0 rings (SSSR count). The van der Waals surface area contributed by atoms with Gasteiger partial charge in [-0.25, -0.2) is 4.79 Å². The molecule has 4 nitrogen and oxygen atoms in total. The third kappa shape index (κ3) is 7.77. The summed E-state index contributed by atoms with van der Waals surface area (Å²) >= 11 is 0. The van der Waals surface area contributed by atoms with Gasteiger partial charge in [0.05, 0.1) is 6.04 Å². The van der Waals surface area contributed by atoms with Crippen LogP contribution < -0.4 is 5.32 Å². The fraction of sp³-hybridized carbons (Fsp3) is 0.846. The van der Waals surface area contributed by atoms with Crippen molar-refractivity contribution >= 4 is 11.9 Å². The lowest BCUT2D eigenvalue weighted by Crippen LogP contribution is -2.43. The van der Waals surface area contributed by atoms with Gasteiger partial charge < -0.3 is 10.1 Å². The third-order valence-electron chi connectivity index (χ3n) is 2.10. The predicted molar refractivity (Wildman–Crippen MR) is 67.9 cm³/mol. The molecule has 1 amide bonds. The maximum Gasteiger partial charge on any atom is 0.408 e. The molecule has 1 N–H and O–H groups in total. The second kappa shape index (κ2) is 6.62. The number of ketones is 1. The maximum absolute atomic E-state index is 11.8. The van der Waals surface area contributed by atoms with Gasteiger partial charge in [-0.15, -0.1) is 0 Å². The first-order valence-electron chi connectivity index (χ1n) is 6.18. The van der Waals surface area contributed by atoms with E-state index in [1.165, 1.54) is 0 Å². The van der Waals surface area contributed by atoms with Gasteiger partial charge in [-0.3, -0.25) is 4.79 Å². The molecule has 0 aliphatic carbocycles. The highest BCUT2D eigenvalue weighted by Gasteiger charge is 2.23. The van der Waals surface area contributed by atoms with Crippen LogP contribution in [0.1, 0.15) is 54.4 Å². The van der Waals surface area contributed by atoms with E-state index in [1.54, 1.807) is 20.8 Å². The molecule has 100 valence electrons. The van der Waals surface area contributed by atoms with E-state index in [0.29, 0.717) is 18.8 Å². The van der Waals surface area contributed by atoms with Gasteiger partial charge in [0.15, 0.2) is 5.78 Å².